The minimum absolute atomic E-state index is 0. The summed E-state index contributed by atoms with van der Waals surface area (Å²) in [5.74, 6) is 1.38. The molecule has 10 heteroatoms. The Bertz CT molecular complexity index is 1020. The van der Waals surface area contributed by atoms with Crippen LogP contribution in [0.15, 0.2) is 30.5 Å². The van der Waals surface area contributed by atoms with Gasteiger partial charge >= 0.3 is 0 Å². The van der Waals surface area contributed by atoms with Gasteiger partial charge in [-0.3, -0.25) is 4.79 Å². The van der Waals surface area contributed by atoms with Crippen molar-refractivity contribution in [1.82, 2.24) is 25.1 Å². The second-order valence-corrected chi connectivity index (χ2v) is 7.17. The Kier molecular flexibility index (Phi) is 6.73. The van der Waals surface area contributed by atoms with Crippen molar-refractivity contribution in [2.24, 2.45) is 0 Å². The molecular weight excluding hydrogens is 406 g/mol. The van der Waals surface area contributed by atoms with E-state index in [4.69, 9.17) is 4.74 Å². The van der Waals surface area contributed by atoms with Gasteiger partial charge in [-0.25, -0.2) is 4.52 Å². The van der Waals surface area contributed by atoms with Crippen LogP contribution in [0.1, 0.15) is 29.9 Å². The zero-order valence-corrected chi connectivity index (χ0v) is 18.1. The third-order valence-corrected chi connectivity index (χ3v) is 4.81. The number of carbonyl (C=O) groups is 1. The number of aromatic nitrogens is 4. The Hall–Kier alpha value is -2.91. The monoisotopic (exact) mass is 431 g/mol. The molecule has 30 heavy (non-hydrogen) atoms. The summed E-state index contributed by atoms with van der Waals surface area (Å²) in [7, 11) is 0. The number of rotatable bonds is 5. The van der Waals surface area contributed by atoms with Crippen LogP contribution < -0.4 is 20.3 Å². The van der Waals surface area contributed by atoms with Crippen LogP contribution in [0.25, 0.3) is 5.52 Å². The van der Waals surface area contributed by atoms with Gasteiger partial charge in [0.25, 0.3) is 5.91 Å². The van der Waals surface area contributed by atoms with Crippen molar-refractivity contribution in [3.63, 3.8) is 0 Å². The van der Waals surface area contributed by atoms with E-state index >= 15 is 0 Å². The highest BCUT2D eigenvalue weighted by molar-refractivity contribution is 6.06. The lowest BCUT2D eigenvalue weighted by Crippen LogP contribution is -2.49. The van der Waals surface area contributed by atoms with E-state index in [1.54, 1.807) is 22.8 Å². The number of anilines is 2. The van der Waals surface area contributed by atoms with E-state index in [1.165, 1.54) is 0 Å². The van der Waals surface area contributed by atoms with Gasteiger partial charge < -0.3 is 20.3 Å². The standard InChI is InChI=1S/C20H25N7O2.ClH/c1-4-29-17-12-27-15(9-13(2)25-27)10-16(17)20(28)22-18-5-6-19(24-23-18)26-8-7-21-14(3)11-26;/h5-6,9-10,12,14,21H,4,7-8,11H2,1-3H3,(H,22,23,28);1H/t14-;/m0./s1. The number of piperazine rings is 1. The smallest absolute Gasteiger partial charge is 0.260 e. The van der Waals surface area contributed by atoms with E-state index in [-0.39, 0.29) is 18.3 Å². The summed E-state index contributed by atoms with van der Waals surface area (Å²) in [6.45, 7) is 9.05. The number of aryl methyl sites for hydroxylation is 1. The van der Waals surface area contributed by atoms with Gasteiger partial charge in [0.05, 0.1) is 29.6 Å². The van der Waals surface area contributed by atoms with Crippen LogP contribution in [-0.2, 0) is 0 Å². The number of halogens is 1. The van der Waals surface area contributed by atoms with Crippen molar-refractivity contribution in [2.45, 2.75) is 26.8 Å². The summed E-state index contributed by atoms with van der Waals surface area (Å²) < 4.78 is 7.36. The van der Waals surface area contributed by atoms with E-state index in [2.05, 4.69) is 37.8 Å². The third-order valence-electron chi connectivity index (χ3n) is 4.81. The Morgan fingerprint density at radius 3 is 2.87 bits per heavy atom. The summed E-state index contributed by atoms with van der Waals surface area (Å²) in [5.41, 5.74) is 2.13. The number of fused-ring (bicyclic) bond motifs is 1. The van der Waals surface area contributed by atoms with Crippen LogP contribution in [0.3, 0.4) is 0 Å². The molecular formula is C20H26ClN7O2. The summed E-state index contributed by atoms with van der Waals surface area (Å²) in [6, 6.07) is 7.74. The molecule has 0 bridgehead atoms. The highest BCUT2D eigenvalue weighted by Gasteiger charge is 2.19. The van der Waals surface area contributed by atoms with Crippen LogP contribution in [0.4, 0.5) is 11.6 Å². The van der Waals surface area contributed by atoms with Gasteiger partial charge in [0.1, 0.15) is 5.75 Å². The van der Waals surface area contributed by atoms with Gasteiger partial charge in [-0.2, -0.15) is 5.10 Å². The largest absolute Gasteiger partial charge is 0.491 e. The Morgan fingerprint density at radius 2 is 2.17 bits per heavy atom. The molecule has 4 heterocycles. The highest BCUT2D eigenvalue weighted by Crippen LogP contribution is 2.23. The molecule has 0 aromatic carbocycles. The topological polar surface area (TPSA) is 96.7 Å². The molecule has 1 fully saturated rings. The molecule has 1 saturated heterocycles. The molecule has 0 aliphatic carbocycles. The fourth-order valence-electron chi connectivity index (χ4n) is 3.48. The highest BCUT2D eigenvalue weighted by atomic mass is 35.5. The zero-order chi connectivity index (χ0) is 20.4. The predicted molar refractivity (Wildman–Crippen MR) is 118 cm³/mol. The van der Waals surface area contributed by atoms with Gasteiger partial charge in [-0.15, -0.1) is 22.6 Å². The average molecular weight is 432 g/mol. The van der Waals surface area contributed by atoms with Gasteiger partial charge in [0.2, 0.25) is 0 Å². The Morgan fingerprint density at radius 1 is 1.33 bits per heavy atom. The van der Waals surface area contributed by atoms with Gasteiger partial charge in [-0.05, 0) is 45.0 Å². The van der Waals surface area contributed by atoms with Crippen molar-refractivity contribution in [2.75, 3.05) is 36.5 Å². The number of hydrogen-bond donors (Lipinski definition) is 2. The summed E-state index contributed by atoms with van der Waals surface area (Å²) in [5, 5.41) is 19.1. The van der Waals surface area contributed by atoms with Crippen molar-refractivity contribution < 1.29 is 9.53 Å². The molecule has 0 saturated carbocycles. The maximum absolute atomic E-state index is 12.9. The van der Waals surface area contributed by atoms with Crippen molar-refractivity contribution >= 4 is 35.5 Å². The number of nitrogens with zero attached hydrogens (tertiary/aromatic N) is 5. The first-order valence-corrected chi connectivity index (χ1v) is 9.79. The second kappa shape index (κ2) is 9.27. The molecule has 2 N–H and O–H groups in total. The minimum atomic E-state index is -0.298. The van der Waals surface area contributed by atoms with Crippen molar-refractivity contribution in [3.8, 4) is 5.75 Å². The van der Waals surface area contributed by atoms with Crippen LogP contribution in [0, 0.1) is 6.92 Å². The first kappa shape index (κ1) is 21.8. The van der Waals surface area contributed by atoms with Crippen molar-refractivity contribution in [1.29, 1.82) is 0 Å². The lowest BCUT2D eigenvalue weighted by atomic mass is 10.2. The normalized spacial score (nSPS) is 16.2. The fourth-order valence-corrected chi connectivity index (χ4v) is 3.48. The van der Waals surface area contributed by atoms with Gasteiger partial charge in [0.15, 0.2) is 11.6 Å². The van der Waals surface area contributed by atoms with Gasteiger partial charge in [-0.1, -0.05) is 0 Å². The van der Waals surface area contributed by atoms with Crippen LogP contribution in [-0.4, -0.2) is 58.0 Å². The SMILES string of the molecule is CCOc1cn2nc(C)cc2cc1C(=O)Nc1ccc(N2CCN[C@@H](C)C2)nn1.Cl. The average Bonchev–Trinajstić information content (AvgIpc) is 3.07. The molecule has 9 nitrogen and oxygen atoms in total. The van der Waals surface area contributed by atoms with Crippen LogP contribution in [0.2, 0.25) is 0 Å². The third kappa shape index (κ3) is 4.63. The lowest BCUT2D eigenvalue weighted by molar-refractivity contribution is 0.102. The van der Waals surface area contributed by atoms with Gasteiger partial charge in [0, 0.05) is 25.7 Å². The number of pyridine rings is 1. The molecule has 0 spiro atoms. The number of carbonyl (C=O) groups excluding carboxylic acids is 1. The van der Waals surface area contributed by atoms with E-state index in [0.717, 1.165) is 36.7 Å². The van der Waals surface area contributed by atoms with Crippen molar-refractivity contribution in [3.05, 3.63) is 41.7 Å². The Labute approximate surface area is 181 Å². The van der Waals surface area contributed by atoms with E-state index in [9.17, 15) is 4.79 Å². The minimum Gasteiger partial charge on any atom is -0.491 e. The zero-order valence-electron chi connectivity index (χ0n) is 17.3. The summed E-state index contributed by atoms with van der Waals surface area (Å²) >= 11 is 0. The number of hydrogen-bond acceptors (Lipinski definition) is 7. The number of nitrogens with one attached hydrogen (secondary N) is 2. The summed E-state index contributed by atoms with van der Waals surface area (Å²) in [4.78, 5) is 15.1. The predicted octanol–water partition coefficient (Wildman–Crippen LogP) is 2.30. The second-order valence-electron chi connectivity index (χ2n) is 7.17. The first-order chi connectivity index (χ1) is 14.0. The molecule has 1 amide bonds. The summed E-state index contributed by atoms with van der Waals surface area (Å²) in [6.07, 6.45) is 1.72. The lowest BCUT2D eigenvalue weighted by Gasteiger charge is -2.32. The number of ether oxygens (including phenoxy) is 1. The Balaban J connectivity index is 0.00000256. The maximum atomic E-state index is 12.9. The van der Waals surface area contributed by atoms with E-state index in [1.807, 2.05) is 26.0 Å². The molecule has 4 rings (SSSR count). The molecule has 1 aliphatic heterocycles. The molecule has 1 aliphatic rings. The maximum Gasteiger partial charge on any atom is 0.260 e. The molecule has 3 aromatic heterocycles. The number of amides is 1. The van der Waals surface area contributed by atoms with Crippen LogP contribution >= 0.6 is 12.4 Å². The van der Waals surface area contributed by atoms with E-state index < -0.39 is 0 Å². The molecule has 0 unspecified atom stereocenters. The fraction of sp³-hybridized carbons (Fsp3) is 0.400. The van der Waals surface area contributed by atoms with E-state index in [0.29, 0.717) is 29.8 Å². The molecule has 1 atom stereocenters. The quantitative estimate of drug-likeness (QED) is 0.639. The molecule has 3 aromatic rings. The van der Waals surface area contributed by atoms with Crippen LogP contribution in [0.5, 0.6) is 5.75 Å². The first-order valence-electron chi connectivity index (χ1n) is 9.79. The molecule has 0 radical (unpaired) electrons. The molecule has 160 valence electrons.